The lowest BCUT2D eigenvalue weighted by Gasteiger charge is -2.31. The van der Waals surface area contributed by atoms with Crippen molar-refractivity contribution in [2.45, 2.75) is 43.8 Å². The maximum Gasteiger partial charge on any atom is 0.170 e. The monoisotopic (exact) mass is 383 g/mol. The van der Waals surface area contributed by atoms with E-state index in [0.717, 1.165) is 23.9 Å². The number of likely N-dealkylation sites (N-methyl/N-ethyl adjacent to an activating group) is 1. The molecule has 1 aliphatic heterocycles. The third-order valence-corrected chi connectivity index (χ3v) is 6.17. The SMILES string of the molecule is CN(C)CCN1C(=S)N[C@H](c2ccccn2)[C@H]1c1cccn1C1CCCC1. The van der Waals surface area contributed by atoms with Gasteiger partial charge in [-0.3, -0.25) is 4.98 Å². The molecule has 3 heterocycles. The maximum absolute atomic E-state index is 5.76. The van der Waals surface area contributed by atoms with Crippen molar-refractivity contribution in [1.29, 1.82) is 0 Å². The molecular formula is C21H29N5S. The Balaban J connectivity index is 1.71. The Kier molecular flexibility index (Phi) is 5.45. The lowest BCUT2D eigenvalue weighted by molar-refractivity contribution is 0.265. The second-order valence-electron chi connectivity index (χ2n) is 7.90. The number of nitrogens with one attached hydrogen (secondary N) is 1. The normalized spacial score (nSPS) is 23.4. The van der Waals surface area contributed by atoms with E-state index in [1.165, 1.54) is 31.4 Å². The van der Waals surface area contributed by atoms with Gasteiger partial charge in [-0.15, -0.1) is 0 Å². The molecule has 2 atom stereocenters. The van der Waals surface area contributed by atoms with E-state index in [1.54, 1.807) is 0 Å². The summed E-state index contributed by atoms with van der Waals surface area (Å²) in [5, 5.41) is 4.39. The molecule has 1 aliphatic carbocycles. The molecule has 0 spiro atoms. The molecule has 5 nitrogen and oxygen atoms in total. The quantitative estimate of drug-likeness (QED) is 0.772. The average Bonchev–Trinajstić information content (AvgIpc) is 3.40. The third kappa shape index (κ3) is 3.73. The number of hydrogen-bond donors (Lipinski definition) is 1. The van der Waals surface area contributed by atoms with E-state index in [2.05, 4.69) is 69.2 Å². The highest BCUT2D eigenvalue weighted by molar-refractivity contribution is 7.80. The van der Waals surface area contributed by atoms with Gasteiger partial charge in [-0.05, 0) is 63.4 Å². The average molecular weight is 384 g/mol. The van der Waals surface area contributed by atoms with Crippen molar-refractivity contribution < 1.29 is 0 Å². The first-order chi connectivity index (χ1) is 13.1. The van der Waals surface area contributed by atoms with Crippen molar-refractivity contribution in [1.82, 2.24) is 24.7 Å². The molecule has 0 unspecified atom stereocenters. The third-order valence-electron chi connectivity index (χ3n) is 5.82. The Bertz CT molecular complexity index is 766. The van der Waals surface area contributed by atoms with Crippen molar-refractivity contribution in [2.24, 2.45) is 0 Å². The Morgan fingerprint density at radius 2 is 2.00 bits per heavy atom. The first-order valence-corrected chi connectivity index (χ1v) is 10.4. The van der Waals surface area contributed by atoms with Gasteiger partial charge in [0.2, 0.25) is 0 Å². The molecule has 2 aromatic heterocycles. The van der Waals surface area contributed by atoms with E-state index in [0.29, 0.717) is 6.04 Å². The molecule has 2 fully saturated rings. The number of nitrogens with zero attached hydrogens (tertiary/aromatic N) is 4. The van der Waals surface area contributed by atoms with Gasteiger partial charge in [0.1, 0.15) is 0 Å². The highest BCUT2D eigenvalue weighted by Gasteiger charge is 2.41. The molecule has 4 rings (SSSR count). The summed E-state index contributed by atoms with van der Waals surface area (Å²) in [6.07, 6.45) is 9.34. The fourth-order valence-electron chi connectivity index (χ4n) is 4.45. The standard InChI is InChI=1S/C21H29N5S/c1-24(2)14-15-26-20(18-11-7-13-25(18)16-8-3-4-9-16)19(23-21(26)27)17-10-5-6-12-22-17/h5-7,10-13,16,19-20H,3-4,8-9,14-15H2,1-2H3,(H,23,27)/t19-,20-/m1/s1. The van der Waals surface area contributed by atoms with Crippen molar-refractivity contribution in [3.8, 4) is 0 Å². The molecule has 2 aromatic rings. The zero-order chi connectivity index (χ0) is 18.8. The van der Waals surface area contributed by atoms with Crippen LogP contribution in [0.4, 0.5) is 0 Å². The van der Waals surface area contributed by atoms with Gasteiger partial charge in [0, 0.05) is 37.2 Å². The molecule has 0 bridgehead atoms. The van der Waals surface area contributed by atoms with E-state index in [-0.39, 0.29) is 12.1 Å². The van der Waals surface area contributed by atoms with Crippen LogP contribution in [-0.2, 0) is 0 Å². The first-order valence-electron chi connectivity index (χ1n) is 9.94. The predicted molar refractivity (Wildman–Crippen MR) is 113 cm³/mol. The zero-order valence-electron chi connectivity index (χ0n) is 16.2. The highest BCUT2D eigenvalue weighted by atomic mass is 32.1. The van der Waals surface area contributed by atoms with E-state index in [9.17, 15) is 0 Å². The Labute approximate surface area is 167 Å². The molecule has 144 valence electrons. The van der Waals surface area contributed by atoms with Gasteiger partial charge in [-0.1, -0.05) is 18.9 Å². The lowest BCUT2D eigenvalue weighted by Crippen LogP contribution is -2.36. The summed E-state index contributed by atoms with van der Waals surface area (Å²) in [5.41, 5.74) is 2.40. The fraction of sp³-hybridized carbons (Fsp3) is 0.524. The van der Waals surface area contributed by atoms with Gasteiger partial charge >= 0.3 is 0 Å². The van der Waals surface area contributed by atoms with Crippen LogP contribution in [-0.4, -0.2) is 51.6 Å². The fourth-order valence-corrected chi connectivity index (χ4v) is 4.78. The molecule has 27 heavy (non-hydrogen) atoms. The summed E-state index contributed by atoms with van der Waals surface area (Å²) >= 11 is 5.76. The summed E-state index contributed by atoms with van der Waals surface area (Å²) in [7, 11) is 4.22. The molecule has 1 N–H and O–H groups in total. The van der Waals surface area contributed by atoms with Crippen molar-refractivity contribution >= 4 is 17.3 Å². The molecule has 0 amide bonds. The number of hydrogen-bond acceptors (Lipinski definition) is 3. The van der Waals surface area contributed by atoms with Gasteiger partial charge in [0.05, 0.1) is 17.8 Å². The number of pyridine rings is 1. The minimum Gasteiger partial charge on any atom is -0.352 e. The van der Waals surface area contributed by atoms with E-state index >= 15 is 0 Å². The first kappa shape index (κ1) is 18.4. The summed E-state index contributed by atoms with van der Waals surface area (Å²) < 4.78 is 2.51. The predicted octanol–water partition coefficient (Wildman–Crippen LogP) is 3.53. The Hall–Kier alpha value is -1.92. The number of aromatic nitrogens is 2. The van der Waals surface area contributed by atoms with Crippen LogP contribution in [0.1, 0.15) is 55.2 Å². The lowest BCUT2D eigenvalue weighted by atomic mass is 10.0. The minimum atomic E-state index is 0.0796. The van der Waals surface area contributed by atoms with Gasteiger partial charge in [-0.2, -0.15) is 0 Å². The van der Waals surface area contributed by atoms with E-state index < -0.39 is 0 Å². The maximum atomic E-state index is 5.76. The van der Waals surface area contributed by atoms with Gasteiger partial charge < -0.3 is 19.7 Å². The second kappa shape index (κ2) is 7.98. The molecule has 0 aromatic carbocycles. The van der Waals surface area contributed by atoms with Crippen LogP contribution in [0.15, 0.2) is 42.7 Å². The molecule has 1 saturated carbocycles. The molecule has 1 saturated heterocycles. The minimum absolute atomic E-state index is 0.0796. The van der Waals surface area contributed by atoms with Crippen LogP contribution in [0, 0.1) is 0 Å². The summed E-state index contributed by atoms with van der Waals surface area (Å²) in [6.45, 7) is 1.88. The van der Waals surface area contributed by atoms with E-state index in [1.807, 2.05) is 12.3 Å². The second-order valence-corrected chi connectivity index (χ2v) is 8.29. The number of rotatable bonds is 6. The van der Waals surface area contributed by atoms with Crippen molar-refractivity contribution in [2.75, 3.05) is 27.2 Å². The molecule has 2 aliphatic rings. The van der Waals surface area contributed by atoms with Crippen LogP contribution in [0.25, 0.3) is 0 Å². The van der Waals surface area contributed by atoms with Gasteiger partial charge in [-0.25, -0.2) is 0 Å². The van der Waals surface area contributed by atoms with Gasteiger partial charge in [0.25, 0.3) is 0 Å². The largest absolute Gasteiger partial charge is 0.352 e. The zero-order valence-corrected chi connectivity index (χ0v) is 17.0. The van der Waals surface area contributed by atoms with Gasteiger partial charge in [0.15, 0.2) is 5.11 Å². The van der Waals surface area contributed by atoms with Crippen molar-refractivity contribution in [3.05, 3.63) is 54.1 Å². The highest BCUT2D eigenvalue weighted by Crippen LogP contribution is 2.41. The molecular weight excluding hydrogens is 354 g/mol. The molecule has 6 heteroatoms. The van der Waals surface area contributed by atoms with Crippen LogP contribution < -0.4 is 5.32 Å². The number of thiocarbonyl (C=S) groups is 1. The van der Waals surface area contributed by atoms with Crippen LogP contribution in [0.3, 0.4) is 0 Å². The Morgan fingerprint density at radius 3 is 2.70 bits per heavy atom. The van der Waals surface area contributed by atoms with Crippen LogP contribution >= 0.6 is 12.2 Å². The van der Waals surface area contributed by atoms with E-state index in [4.69, 9.17) is 12.2 Å². The summed E-state index contributed by atoms with van der Waals surface area (Å²) in [6, 6.07) is 11.5. The Morgan fingerprint density at radius 1 is 1.19 bits per heavy atom. The summed E-state index contributed by atoms with van der Waals surface area (Å²) in [5.74, 6) is 0. The van der Waals surface area contributed by atoms with Crippen LogP contribution in [0.2, 0.25) is 0 Å². The van der Waals surface area contributed by atoms with Crippen molar-refractivity contribution in [3.63, 3.8) is 0 Å². The van der Waals surface area contributed by atoms with Crippen LogP contribution in [0.5, 0.6) is 0 Å². The smallest absolute Gasteiger partial charge is 0.170 e. The molecule has 0 radical (unpaired) electrons. The topological polar surface area (TPSA) is 36.3 Å². The summed E-state index contributed by atoms with van der Waals surface area (Å²) in [4.78, 5) is 9.21.